The van der Waals surface area contributed by atoms with Gasteiger partial charge in [-0.15, -0.1) is 0 Å². The minimum Gasteiger partial charge on any atom is -0.331 e. The van der Waals surface area contributed by atoms with E-state index >= 15 is 0 Å². The number of aryl methyl sites for hydroxylation is 1. The number of halogens is 1. The molecule has 0 atom stereocenters. The molecular weight excluding hydrogens is 254 g/mol. The Morgan fingerprint density at radius 3 is 3.06 bits per heavy atom. The molecule has 0 amide bonds. The third-order valence-electron chi connectivity index (χ3n) is 2.60. The van der Waals surface area contributed by atoms with Gasteiger partial charge in [-0.3, -0.25) is 0 Å². The van der Waals surface area contributed by atoms with Crippen molar-refractivity contribution in [3.8, 4) is 0 Å². The van der Waals surface area contributed by atoms with E-state index in [1.54, 1.807) is 0 Å². The molecule has 2 aromatic heterocycles. The van der Waals surface area contributed by atoms with E-state index in [-0.39, 0.29) is 0 Å². The highest BCUT2D eigenvalue weighted by atomic mass is 35.5. The molecule has 0 saturated carbocycles. The van der Waals surface area contributed by atoms with Gasteiger partial charge < -0.3 is 4.57 Å². The lowest BCUT2D eigenvalue weighted by Crippen LogP contribution is -1.96. The lowest BCUT2D eigenvalue weighted by Gasteiger charge is -1.99. The molecule has 0 saturated heterocycles. The molecule has 3 aromatic rings. The molecule has 1 aromatic carbocycles. The molecule has 0 aliphatic carbocycles. The third-order valence-corrected chi connectivity index (χ3v) is 3.70. The van der Waals surface area contributed by atoms with Gasteiger partial charge in [0.25, 0.3) is 0 Å². The maximum atomic E-state index is 6.01. The first-order valence-corrected chi connectivity index (χ1v) is 6.40. The topological polar surface area (TPSA) is 30.7 Å². The first-order chi connectivity index (χ1) is 8.22. The smallest absolute Gasteiger partial charge is 0.0952 e. The number of imidazole rings is 1. The van der Waals surface area contributed by atoms with Crippen molar-refractivity contribution < 1.29 is 0 Å². The Morgan fingerprint density at radius 1 is 1.41 bits per heavy atom. The minimum absolute atomic E-state index is 0.737. The maximum Gasteiger partial charge on any atom is 0.0952 e. The number of rotatable bonds is 2. The Balaban J connectivity index is 2.03. The normalized spacial score (nSPS) is 11.2. The Kier molecular flexibility index (Phi) is 2.61. The highest BCUT2D eigenvalue weighted by Gasteiger charge is 2.07. The molecule has 17 heavy (non-hydrogen) atoms. The zero-order valence-corrected chi connectivity index (χ0v) is 10.8. The van der Waals surface area contributed by atoms with Gasteiger partial charge in [0.15, 0.2) is 0 Å². The maximum absolute atomic E-state index is 6.01. The molecule has 0 aliphatic heterocycles. The van der Waals surface area contributed by atoms with E-state index in [4.69, 9.17) is 11.6 Å². The predicted molar refractivity (Wildman–Crippen MR) is 70.7 cm³/mol. The van der Waals surface area contributed by atoms with Gasteiger partial charge in [-0.05, 0) is 36.7 Å². The van der Waals surface area contributed by atoms with Crippen molar-refractivity contribution in [3.05, 3.63) is 47.1 Å². The Bertz CT molecular complexity index is 671. The Labute approximate surface area is 108 Å². The van der Waals surface area contributed by atoms with E-state index in [9.17, 15) is 0 Å². The molecule has 0 aliphatic rings. The number of fused-ring (bicyclic) bond motifs is 1. The summed E-state index contributed by atoms with van der Waals surface area (Å²) in [5.74, 6) is 0. The van der Waals surface area contributed by atoms with Crippen molar-refractivity contribution in [1.29, 1.82) is 0 Å². The number of hydrogen-bond acceptors (Lipinski definition) is 3. The molecule has 2 heterocycles. The summed E-state index contributed by atoms with van der Waals surface area (Å²) in [5.41, 5.74) is 2.06. The largest absolute Gasteiger partial charge is 0.331 e. The molecule has 0 N–H and O–H groups in total. The first-order valence-electron chi connectivity index (χ1n) is 5.24. The fourth-order valence-electron chi connectivity index (χ4n) is 1.81. The van der Waals surface area contributed by atoms with Gasteiger partial charge in [0, 0.05) is 16.6 Å². The van der Waals surface area contributed by atoms with Crippen LogP contribution in [0.4, 0.5) is 0 Å². The lowest BCUT2D eigenvalue weighted by molar-refractivity contribution is 0.787. The van der Waals surface area contributed by atoms with Gasteiger partial charge in [0.1, 0.15) is 0 Å². The van der Waals surface area contributed by atoms with Crippen LogP contribution in [0.2, 0.25) is 5.02 Å². The van der Waals surface area contributed by atoms with E-state index < -0.39 is 0 Å². The number of aromatic nitrogens is 3. The van der Waals surface area contributed by atoms with Gasteiger partial charge in [-0.1, -0.05) is 11.6 Å². The van der Waals surface area contributed by atoms with E-state index in [0.29, 0.717) is 0 Å². The van der Waals surface area contributed by atoms with Crippen LogP contribution in [0.1, 0.15) is 11.4 Å². The molecule has 3 nitrogen and oxygen atoms in total. The second kappa shape index (κ2) is 4.13. The van der Waals surface area contributed by atoms with Gasteiger partial charge in [0.05, 0.1) is 29.0 Å². The summed E-state index contributed by atoms with van der Waals surface area (Å²) in [5, 5.41) is 1.88. The molecule has 0 unspecified atom stereocenters. The molecule has 5 heteroatoms. The monoisotopic (exact) mass is 263 g/mol. The molecule has 0 bridgehead atoms. The van der Waals surface area contributed by atoms with Crippen LogP contribution < -0.4 is 0 Å². The van der Waals surface area contributed by atoms with Crippen molar-refractivity contribution in [2.24, 2.45) is 0 Å². The summed E-state index contributed by atoms with van der Waals surface area (Å²) >= 11 is 7.52. The van der Waals surface area contributed by atoms with Crippen LogP contribution in [0, 0.1) is 6.92 Å². The molecular formula is C12H10ClN3S. The molecule has 0 spiro atoms. The lowest BCUT2D eigenvalue weighted by atomic mass is 10.2. The standard InChI is InChI=1S/C12H10ClN3S/c1-8-5-16(7-14-8)6-11-10-4-9(13)2-3-12(10)17-15-11/h2-5,7H,6H2,1H3. The highest BCUT2D eigenvalue weighted by molar-refractivity contribution is 7.13. The fourth-order valence-corrected chi connectivity index (χ4v) is 2.75. The van der Waals surface area contributed by atoms with Crippen molar-refractivity contribution >= 4 is 33.2 Å². The second-order valence-corrected chi connectivity index (χ2v) is 5.20. The van der Waals surface area contributed by atoms with E-state index in [2.05, 4.69) is 9.36 Å². The molecule has 0 radical (unpaired) electrons. The highest BCUT2D eigenvalue weighted by Crippen LogP contribution is 2.26. The summed E-state index contributed by atoms with van der Waals surface area (Å²) in [6.45, 7) is 2.72. The van der Waals surface area contributed by atoms with E-state index in [1.807, 2.05) is 42.2 Å². The van der Waals surface area contributed by atoms with Crippen LogP contribution in [-0.4, -0.2) is 13.9 Å². The zero-order chi connectivity index (χ0) is 11.8. The van der Waals surface area contributed by atoms with Crippen LogP contribution >= 0.6 is 23.1 Å². The number of nitrogens with zero attached hydrogens (tertiary/aromatic N) is 3. The third kappa shape index (κ3) is 2.06. The number of benzene rings is 1. The summed E-state index contributed by atoms with van der Waals surface area (Å²) in [7, 11) is 0. The van der Waals surface area contributed by atoms with E-state index in [1.165, 1.54) is 16.2 Å². The fraction of sp³-hybridized carbons (Fsp3) is 0.167. The van der Waals surface area contributed by atoms with Crippen LogP contribution in [0.5, 0.6) is 0 Å². The summed E-state index contributed by atoms with van der Waals surface area (Å²) in [4.78, 5) is 4.21. The SMILES string of the molecule is Cc1cn(Cc2nsc3ccc(Cl)cc23)cn1. The van der Waals surface area contributed by atoms with Crippen LogP contribution in [-0.2, 0) is 6.54 Å². The summed E-state index contributed by atoms with van der Waals surface area (Å²) in [6.07, 6.45) is 3.83. The number of hydrogen-bond donors (Lipinski definition) is 0. The molecule has 3 rings (SSSR count). The van der Waals surface area contributed by atoms with Crippen LogP contribution in [0.25, 0.3) is 10.1 Å². The zero-order valence-electron chi connectivity index (χ0n) is 9.22. The minimum atomic E-state index is 0.737. The van der Waals surface area contributed by atoms with Crippen LogP contribution in [0.15, 0.2) is 30.7 Å². The average Bonchev–Trinajstić information content (AvgIpc) is 2.87. The van der Waals surface area contributed by atoms with Crippen molar-refractivity contribution in [1.82, 2.24) is 13.9 Å². The van der Waals surface area contributed by atoms with Gasteiger partial charge >= 0.3 is 0 Å². The quantitative estimate of drug-likeness (QED) is 0.708. The van der Waals surface area contributed by atoms with Crippen molar-refractivity contribution in [2.45, 2.75) is 13.5 Å². The van der Waals surface area contributed by atoms with Gasteiger partial charge in [-0.2, -0.15) is 4.37 Å². The molecule has 0 fully saturated rings. The van der Waals surface area contributed by atoms with Crippen LogP contribution in [0.3, 0.4) is 0 Å². The second-order valence-electron chi connectivity index (χ2n) is 3.96. The van der Waals surface area contributed by atoms with Gasteiger partial charge in [0.2, 0.25) is 0 Å². The van der Waals surface area contributed by atoms with Gasteiger partial charge in [-0.25, -0.2) is 4.98 Å². The predicted octanol–water partition coefficient (Wildman–Crippen LogP) is 3.50. The summed E-state index contributed by atoms with van der Waals surface area (Å²) in [6, 6.07) is 5.88. The van der Waals surface area contributed by atoms with E-state index in [0.717, 1.165) is 28.3 Å². The van der Waals surface area contributed by atoms with Crippen molar-refractivity contribution in [2.75, 3.05) is 0 Å². The summed E-state index contributed by atoms with van der Waals surface area (Å²) < 4.78 is 7.68. The first kappa shape index (κ1) is 10.7. The molecule has 86 valence electrons. The Morgan fingerprint density at radius 2 is 2.29 bits per heavy atom. The Hall–Kier alpha value is -1.39. The average molecular weight is 264 g/mol. The van der Waals surface area contributed by atoms with Crippen molar-refractivity contribution in [3.63, 3.8) is 0 Å².